The van der Waals surface area contributed by atoms with Crippen LogP contribution in [-0.4, -0.2) is 48.2 Å². The summed E-state index contributed by atoms with van der Waals surface area (Å²) in [5.74, 6) is -0.251. The molecule has 21 heavy (non-hydrogen) atoms. The van der Waals surface area contributed by atoms with Crippen LogP contribution in [0.3, 0.4) is 0 Å². The second-order valence-corrected chi connectivity index (χ2v) is 7.33. The molecule has 0 aliphatic heterocycles. The number of hydrogen-bond donors (Lipinski definition) is 3. The first-order chi connectivity index (χ1) is 9.90. The van der Waals surface area contributed by atoms with Crippen LogP contribution in [0.4, 0.5) is 0 Å². The number of nitrogens with one attached hydrogen (secondary N) is 2. The van der Waals surface area contributed by atoms with Crippen molar-refractivity contribution in [3.8, 4) is 0 Å². The number of nitrogens with zero attached hydrogens (tertiary/aromatic N) is 1. The number of aryl methyl sites for hydroxylation is 1. The molecule has 0 aliphatic rings. The minimum absolute atomic E-state index is 0.222. The van der Waals surface area contributed by atoms with Crippen molar-refractivity contribution in [3.05, 3.63) is 11.4 Å². The minimum Gasteiger partial charge on any atom is -0.476 e. The summed E-state index contributed by atoms with van der Waals surface area (Å²) >= 11 is 1.80. The van der Waals surface area contributed by atoms with Gasteiger partial charge in [0.25, 0.3) is 0 Å². The van der Waals surface area contributed by atoms with Gasteiger partial charge < -0.3 is 5.11 Å². The molecule has 0 atom stereocenters. The van der Waals surface area contributed by atoms with Gasteiger partial charge in [-0.05, 0) is 31.8 Å². The second kappa shape index (κ2) is 8.40. The summed E-state index contributed by atoms with van der Waals surface area (Å²) < 4.78 is 26.7. The molecule has 1 aromatic rings. The minimum atomic E-state index is -3.85. The largest absolute Gasteiger partial charge is 0.476 e. The van der Waals surface area contributed by atoms with Gasteiger partial charge in [0.2, 0.25) is 10.0 Å². The smallest absolute Gasteiger partial charge is 0.357 e. The molecule has 1 heterocycles. The van der Waals surface area contributed by atoms with Crippen molar-refractivity contribution in [2.24, 2.45) is 0 Å². The summed E-state index contributed by atoms with van der Waals surface area (Å²) in [6.07, 6.45) is 5.92. The molecular weight excluding hydrogens is 314 g/mol. The van der Waals surface area contributed by atoms with Crippen molar-refractivity contribution in [2.75, 3.05) is 18.6 Å². The van der Waals surface area contributed by atoms with Crippen LogP contribution in [0.25, 0.3) is 0 Å². The molecule has 0 aliphatic carbocycles. The van der Waals surface area contributed by atoms with E-state index < -0.39 is 21.7 Å². The van der Waals surface area contributed by atoms with E-state index in [1.54, 1.807) is 11.8 Å². The quantitative estimate of drug-likeness (QED) is 0.560. The summed E-state index contributed by atoms with van der Waals surface area (Å²) in [6.45, 7) is 1.78. The van der Waals surface area contributed by atoms with Gasteiger partial charge in [0.15, 0.2) is 5.69 Å². The Morgan fingerprint density at radius 3 is 2.62 bits per heavy atom. The third kappa shape index (κ3) is 5.33. The third-order valence-corrected chi connectivity index (χ3v) is 5.25. The van der Waals surface area contributed by atoms with E-state index in [0.717, 1.165) is 31.4 Å². The molecule has 0 amide bonds. The van der Waals surface area contributed by atoms with Gasteiger partial charge in [0.05, 0.1) is 5.69 Å². The average Bonchev–Trinajstić information content (AvgIpc) is 2.80. The lowest BCUT2D eigenvalue weighted by molar-refractivity contribution is 0.0686. The number of sulfonamides is 1. The highest BCUT2D eigenvalue weighted by atomic mass is 32.2. The fourth-order valence-electron chi connectivity index (χ4n) is 1.90. The van der Waals surface area contributed by atoms with Crippen LogP contribution in [0.2, 0.25) is 0 Å². The summed E-state index contributed by atoms with van der Waals surface area (Å²) in [5.41, 5.74) is -0.250. The zero-order valence-electron chi connectivity index (χ0n) is 12.2. The van der Waals surface area contributed by atoms with Crippen LogP contribution < -0.4 is 4.72 Å². The van der Waals surface area contributed by atoms with E-state index in [-0.39, 0.29) is 10.6 Å². The first kappa shape index (κ1) is 18.0. The molecule has 0 saturated heterocycles. The standard InChI is InChI=1S/C12H21N3O4S2/c1-9-11(10(12(16)17)15-14-9)21(18,19)13-7-5-3-4-6-8-20-2/h13H,3-8H2,1-2H3,(H,14,15)(H,16,17). The molecule has 0 spiro atoms. The SMILES string of the molecule is CSCCCCCCNS(=O)(=O)c1c(C(=O)O)n[nH]c1C. The second-order valence-electron chi connectivity index (χ2n) is 4.64. The number of rotatable bonds is 10. The molecule has 9 heteroatoms. The number of thioether (sulfide) groups is 1. The van der Waals surface area contributed by atoms with E-state index in [0.29, 0.717) is 6.54 Å². The molecule has 0 unspecified atom stereocenters. The Labute approximate surface area is 129 Å². The highest BCUT2D eigenvalue weighted by Gasteiger charge is 2.27. The molecule has 0 fully saturated rings. The molecule has 0 bridgehead atoms. The van der Waals surface area contributed by atoms with Crippen LogP contribution in [-0.2, 0) is 10.0 Å². The van der Waals surface area contributed by atoms with Gasteiger partial charge >= 0.3 is 5.97 Å². The molecule has 120 valence electrons. The topological polar surface area (TPSA) is 112 Å². The summed E-state index contributed by atoms with van der Waals surface area (Å²) in [6, 6.07) is 0. The Balaban J connectivity index is 2.55. The van der Waals surface area contributed by atoms with Crippen molar-refractivity contribution < 1.29 is 18.3 Å². The lowest BCUT2D eigenvalue weighted by atomic mass is 10.2. The van der Waals surface area contributed by atoms with Gasteiger partial charge in [-0.25, -0.2) is 17.9 Å². The Kier molecular flexibility index (Phi) is 7.20. The number of H-pyrrole nitrogens is 1. The molecule has 1 aromatic heterocycles. The Morgan fingerprint density at radius 1 is 1.33 bits per heavy atom. The van der Waals surface area contributed by atoms with Gasteiger partial charge in [-0.1, -0.05) is 12.8 Å². The highest BCUT2D eigenvalue weighted by Crippen LogP contribution is 2.17. The number of unbranched alkanes of at least 4 members (excludes halogenated alkanes) is 3. The number of carboxylic acid groups (broad SMARTS) is 1. The number of aromatic nitrogens is 2. The Hall–Kier alpha value is -1.06. The number of carbonyl (C=O) groups is 1. The highest BCUT2D eigenvalue weighted by molar-refractivity contribution is 7.98. The third-order valence-electron chi connectivity index (χ3n) is 2.93. The van der Waals surface area contributed by atoms with Crippen LogP contribution in [0, 0.1) is 6.92 Å². The zero-order chi connectivity index (χ0) is 15.9. The molecule has 0 aromatic carbocycles. The molecule has 3 N–H and O–H groups in total. The molecule has 0 saturated carbocycles. The lowest BCUT2D eigenvalue weighted by Crippen LogP contribution is -2.26. The number of aromatic amines is 1. The van der Waals surface area contributed by atoms with Crippen LogP contribution in [0.15, 0.2) is 4.90 Å². The molecular formula is C12H21N3O4S2. The van der Waals surface area contributed by atoms with Gasteiger partial charge in [0.1, 0.15) is 4.90 Å². The Morgan fingerprint density at radius 2 is 2.00 bits per heavy atom. The van der Waals surface area contributed by atoms with E-state index in [1.807, 2.05) is 0 Å². The number of carboxylic acids is 1. The first-order valence-electron chi connectivity index (χ1n) is 6.67. The monoisotopic (exact) mass is 335 g/mol. The van der Waals surface area contributed by atoms with E-state index in [9.17, 15) is 13.2 Å². The molecule has 1 rings (SSSR count). The predicted molar refractivity (Wildman–Crippen MR) is 82.3 cm³/mol. The maximum absolute atomic E-state index is 12.1. The van der Waals surface area contributed by atoms with Crippen LogP contribution >= 0.6 is 11.8 Å². The molecule has 0 radical (unpaired) electrons. The van der Waals surface area contributed by atoms with Gasteiger partial charge in [-0.15, -0.1) is 0 Å². The van der Waals surface area contributed by atoms with Crippen LogP contribution in [0.1, 0.15) is 41.9 Å². The van der Waals surface area contributed by atoms with Crippen molar-refractivity contribution in [1.82, 2.24) is 14.9 Å². The van der Waals surface area contributed by atoms with Gasteiger partial charge in [-0.2, -0.15) is 16.9 Å². The number of aromatic carboxylic acids is 1. The van der Waals surface area contributed by atoms with Crippen molar-refractivity contribution in [2.45, 2.75) is 37.5 Å². The molecule has 7 nitrogen and oxygen atoms in total. The van der Waals surface area contributed by atoms with Crippen molar-refractivity contribution in [1.29, 1.82) is 0 Å². The first-order valence-corrected chi connectivity index (χ1v) is 9.54. The van der Waals surface area contributed by atoms with E-state index in [2.05, 4.69) is 21.2 Å². The summed E-state index contributed by atoms with van der Waals surface area (Å²) in [5, 5.41) is 14.9. The van der Waals surface area contributed by atoms with Crippen LogP contribution in [0.5, 0.6) is 0 Å². The van der Waals surface area contributed by atoms with Crippen molar-refractivity contribution in [3.63, 3.8) is 0 Å². The fourth-order valence-corrected chi connectivity index (χ4v) is 3.78. The Bertz CT molecular complexity index is 569. The summed E-state index contributed by atoms with van der Waals surface area (Å²) in [7, 11) is -3.85. The fraction of sp³-hybridized carbons (Fsp3) is 0.667. The van der Waals surface area contributed by atoms with Crippen molar-refractivity contribution >= 4 is 27.8 Å². The van der Waals surface area contributed by atoms with E-state index in [1.165, 1.54) is 6.92 Å². The number of hydrogen-bond acceptors (Lipinski definition) is 5. The average molecular weight is 335 g/mol. The van der Waals surface area contributed by atoms with E-state index in [4.69, 9.17) is 5.11 Å². The van der Waals surface area contributed by atoms with Gasteiger partial charge in [-0.3, -0.25) is 5.10 Å². The zero-order valence-corrected chi connectivity index (χ0v) is 13.8. The maximum atomic E-state index is 12.1. The normalized spacial score (nSPS) is 11.7. The lowest BCUT2D eigenvalue weighted by Gasteiger charge is -2.06. The van der Waals surface area contributed by atoms with Gasteiger partial charge in [0, 0.05) is 6.54 Å². The summed E-state index contributed by atoms with van der Waals surface area (Å²) in [4.78, 5) is 10.7. The predicted octanol–water partition coefficient (Wildman–Crippen LogP) is 1.62. The maximum Gasteiger partial charge on any atom is 0.357 e. The van der Waals surface area contributed by atoms with E-state index >= 15 is 0 Å².